The molecule has 3 aromatic rings. The van der Waals surface area contributed by atoms with Crippen LogP contribution in [0.15, 0.2) is 36.4 Å². The van der Waals surface area contributed by atoms with Crippen molar-refractivity contribution in [2.45, 2.75) is 38.5 Å². The Balaban J connectivity index is 1.46. The lowest BCUT2D eigenvalue weighted by molar-refractivity contribution is 0.117. The molecule has 0 bridgehead atoms. The second-order valence-electron chi connectivity index (χ2n) is 8.99. The Bertz CT molecular complexity index is 1230. The number of hydrogen-bond acceptors (Lipinski definition) is 1. The summed E-state index contributed by atoms with van der Waals surface area (Å²) in [4.78, 5) is 0. The highest BCUT2D eigenvalue weighted by atomic mass is 19.2. The number of methoxy groups -OCH3 is 1. The van der Waals surface area contributed by atoms with Crippen molar-refractivity contribution in [3.05, 3.63) is 82.2 Å². The highest BCUT2D eigenvalue weighted by Crippen LogP contribution is 2.32. The first kappa shape index (κ1) is 24.2. The van der Waals surface area contributed by atoms with Gasteiger partial charge in [-0.1, -0.05) is 30.7 Å². The molecule has 0 spiro atoms. The van der Waals surface area contributed by atoms with Crippen LogP contribution in [0.25, 0.3) is 10.8 Å². The Morgan fingerprint density at radius 2 is 1.47 bits per heavy atom. The minimum Gasteiger partial charge on any atom is -0.384 e. The summed E-state index contributed by atoms with van der Waals surface area (Å²) in [5, 5.41) is 0.00842. The summed E-state index contributed by atoms with van der Waals surface area (Å²) < 4.78 is 75.2. The number of aryl methyl sites for hydroxylation is 1. The van der Waals surface area contributed by atoms with Gasteiger partial charge in [-0.25, -0.2) is 22.0 Å². The molecule has 34 heavy (non-hydrogen) atoms. The Hall–Kier alpha value is -2.91. The molecule has 0 radical (unpaired) electrons. The van der Waals surface area contributed by atoms with Crippen molar-refractivity contribution >= 4 is 10.8 Å². The molecular weight excluding hydrogens is 447 g/mol. The van der Waals surface area contributed by atoms with Crippen LogP contribution < -0.4 is 0 Å². The van der Waals surface area contributed by atoms with Gasteiger partial charge >= 0.3 is 0 Å². The van der Waals surface area contributed by atoms with Gasteiger partial charge in [-0.3, -0.25) is 0 Å². The number of hydrogen-bond donors (Lipinski definition) is 0. The van der Waals surface area contributed by atoms with E-state index >= 15 is 0 Å². The van der Waals surface area contributed by atoms with Crippen LogP contribution in [0.4, 0.5) is 22.0 Å². The summed E-state index contributed by atoms with van der Waals surface area (Å²) in [5.74, 6) is 0.628. The summed E-state index contributed by atoms with van der Waals surface area (Å²) in [7, 11) is 1.72. The van der Waals surface area contributed by atoms with Gasteiger partial charge in [0.25, 0.3) is 0 Å². The topological polar surface area (TPSA) is 9.23 Å². The summed E-state index contributed by atoms with van der Waals surface area (Å²) in [6.45, 7) is 0.789. The first-order valence-corrected chi connectivity index (χ1v) is 11.4. The van der Waals surface area contributed by atoms with Crippen LogP contribution in [-0.4, -0.2) is 13.7 Å². The molecule has 0 aromatic heterocycles. The zero-order valence-electron chi connectivity index (χ0n) is 18.9. The first-order chi connectivity index (χ1) is 16.4. The van der Waals surface area contributed by atoms with Crippen molar-refractivity contribution in [2.24, 2.45) is 11.8 Å². The zero-order valence-corrected chi connectivity index (χ0v) is 18.9. The number of halogens is 5. The van der Waals surface area contributed by atoms with Gasteiger partial charge in [-0.05, 0) is 78.8 Å². The van der Waals surface area contributed by atoms with Crippen LogP contribution in [0.2, 0.25) is 0 Å². The van der Waals surface area contributed by atoms with E-state index in [4.69, 9.17) is 4.74 Å². The van der Waals surface area contributed by atoms with Crippen molar-refractivity contribution in [1.29, 1.82) is 0 Å². The molecular formula is C28H25F5O. The number of ether oxygens (including phenoxy) is 1. The van der Waals surface area contributed by atoms with Crippen LogP contribution in [-0.2, 0) is 11.2 Å². The smallest absolute Gasteiger partial charge is 0.195 e. The van der Waals surface area contributed by atoms with Gasteiger partial charge in [0.1, 0.15) is 11.6 Å². The van der Waals surface area contributed by atoms with E-state index in [-0.39, 0.29) is 16.3 Å². The van der Waals surface area contributed by atoms with Crippen molar-refractivity contribution in [2.75, 3.05) is 13.7 Å². The third-order valence-corrected chi connectivity index (χ3v) is 6.62. The monoisotopic (exact) mass is 472 g/mol. The molecule has 0 unspecified atom stereocenters. The molecule has 178 valence electrons. The lowest BCUT2D eigenvalue weighted by atomic mass is 9.80. The normalized spacial score (nSPS) is 18.1. The summed E-state index contributed by atoms with van der Waals surface area (Å²) in [5.41, 5.74) is 0.531. The van der Waals surface area contributed by atoms with E-state index in [1.807, 2.05) is 0 Å². The SMILES string of the molecule is COCC1CCC(CCc2cc(F)c(C#Cc3ccc4c(F)c(F)c(F)cc4c3)c(F)c2)CC1. The number of benzene rings is 3. The van der Waals surface area contributed by atoms with Gasteiger partial charge in [0.2, 0.25) is 0 Å². The highest BCUT2D eigenvalue weighted by molar-refractivity contribution is 5.84. The minimum atomic E-state index is -1.55. The molecule has 0 aliphatic heterocycles. The molecule has 0 saturated heterocycles. The molecule has 0 heterocycles. The maximum Gasteiger partial charge on any atom is 0.195 e. The van der Waals surface area contributed by atoms with Crippen LogP contribution in [0, 0.1) is 52.8 Å². The number of fused-ring (bicyclic) bond motifs is 1. The van der Waals surface area contributed by atoms with Gasteiger partial charge in [0.15, 0.2) is 17.5 Å². The average Bonchev–Trinajstić information content (AvgIpc) is 2.82. The molecule has 0 amide bonds. The molecule has 1 aliphatic rings. The highest BCUT2D eigenvalue weighted by Gasteiger charge is 2.21. The average molecular weight is 472 g/mol. The fraction of sp³-hybridized carbons (Fsp3) is 0.357. The lowest BCUT2D eigenvalue weighted by Crippen LogP contribution is -2.18. The summed E-state index contributed by atoms with van der Waals surface area (Å²) >= 11 is 0. The van der Waals surface area contributed by atoms with E-state index in [2.05, 4.69) is 11.8 Å². The molecule has 3 aromatic carbocycles. The van der Waals surface area contributed by atoms with Crippen LogP contribution in [0.5, 0.6) is 0 Å². The van der Waals surface area contributed by atoms with Gasteiger partial charge in [0, 0.05) is 24.7 Å². The van der Waals surface area contributed by atoms with Gasteiger partial charge in [0.05, 0.1) is 5.56 Å². The predicted octanol–water partition coefficient (Wildman–Crippen LogP) is 7.32. The predicted molar refractivity (Wildman–Crippen MR) is 122 cm³/mol. The quantitative estimate of drug-likeness (QED) is 0.215. The standard InChI is InChI=1S/C28H25F5O/c1-34-16-19-5-2-17(3-6-19)4-7-20-13-24(29)23(25(30)14-20)11-9-18-8-10-22-21(12-18)15-26(31)28(33)27(22)32/h8,10,12-15,17,19H,2-7,16H2,1H3. The number of rotatable bonds is 5. The zero-order chi connectivity index (χ0) is 24.2. The fourth-order valence-electron chi connectivity index (χ4n) is 4.70. The van der Waals surface area contributed by atoms with E-state index in [1.54, 1.807) is 7.11 Å². The molecule has 6 heteroatoms. The third kappa shape index (κ3) is 5.42. The second kappa shape index (κ2) is 10.6. The maximum absolute atomic E-state index is 14.6. The second-order valence-corrected chi connectivity index (χ2v) is 8.99. The van der Waals surface area contributed by atoms with Gasteiger partial charge in [-0.15, -0.1) is 0 Å². The van der Waals surface area contributed by atoms with Crippen molar-refractivity contribution in [1.82, 2.24) is 0 Å². The third-order valence-electron chi connectivity index (χ3n) is 6.62. The van der Waals surface area contributed by atoms with Gasteiger partial charge in [-0.2, -0.15) is 0 Å². The summed E-state index contributed by atoms with van der Waals surface area (Å²) in [6.07, 6.45) is 5.94. The Kier molecular flexibility index (Phi) is 7.53. The molecule has 1 nitrogen and oxygen atoms in total. The van der Waals surface area contributed by atoms with E-state index in [9.17, 15) is 22.0 Å². The van der Waals surface area contributed by atoms with E-state index < -0.39 is 29.1 Å². The van der Waals surface area contributed by atoms with E-state index in [1.165, 1.54) is 30.3 Å². The van der Waals surface area contributed by atoms with Crippen molar-refractivity contribution in [3.63, 3.8) is 0 Å². The molecule has 0 atom stereocenters. The molecule has 0 N–H and O–H groups in total. The molecule has 1 fully saturated rings. The fourth-order valence-corrected chi connectivity index (χ4v) is 4.70. The summed E-state index contributed by atoms with van der Waals surface area (Å²) in [6, 6.07) is 7.49. The first-order valence-electron chi connectivity index (χ1n) is 11.4. The Labute approximate surface area is 195 Å². The maximum atomic E-state index is 14.6. The lowest BCUT2D eigenvalue weighted by Gasteiger charge is -2.28. The Morgan fingerprint density at radius 1 is 0.794 bits per heavy atom. The van der Waals surface area contributed by atoms with Crippen LogP contribution in [0.1, 0.15) is 48.8 Å². The van der Waals surface area contributed by atoms with Gasteiger partial charge < -0.3 is 4.74 Å². The Morgan fingerprint density at radius 3 is 2.15 bits per heavy atom. The molecule has 1 saturated carbocycles. The van der Waals surface area contributed by atoms with Crippen LogP contribution in [0.3, 0.4) is 0 Å². The largest absolute Gasteiger partial charge is 0.384 e. The molecule has 4 rings (SSSR count). The van der Waals surface area contributed by atoms with Crippen molar-refractivity contribution < 1.29 is 26.7 Å². The van der Waals surface area contributed by atoms with E-state index in [0.29, 0.717) is 29.4 Å². The molecule has 1 aliphatic carbocycles. The minimum absolute atomic E-state index is 0.0988. The van der Waals surface area contributed by atoms with Crippen molar-refractivity contribution in [3.8, 4) is 11.8 Å². The van der Waals surface area contributed by atoms with E-state index in [0.717, 1.165) is 44.8 Å². The van der Waals surface area contributed by atoms with Crippen LogP contribution >= 0.6 is 0 Å².